The molecule has 1 heterocycles. The van der Waals surface area contributed by atoms with Gasteiger partial charge < -0.3 is 5.73 Å². The van der Waals surface area contributed by atoms with E-state index in [4.69, 9.17) is 34.3 Å². The van der Waals surface area contributed by atoms with Crippen LogP contribution < -0.4 is 11.1 Å². The van der Waals surface area contributed by atoms with E-state index < -0.39 is 0 Å². The van der Waals surface area contributed by atoms with Crippen LogP contribution >= 0.6 is 23.2 Å². The van der Waals surface area contributed by atoms with Crippen molar-refractivity contribution in [2.75, 3.05) is 5.32 Å². The van der Waals surface area contributed by atoms with Gasteiger partial charge in [0.1, 0.15) is 10.3 Å². The Bertz CT molecular complexity index is 292. The van der Waals surface area contributed by atoms with E-state index in [1.807, 2.05) is 0 Å². The lowest BCUT2D eigenvalue weighted by atomic mass is 10.6. The first-order chi connectivity index (χ1) is 5.58. The van der Waals surface area contributed by atoms with Crippen LogP contribution in [-0.4, -0.2) is 15.9 Å². The standard InChI is InChI=1S/C5H5Cl2N5/c6-2-1-3(7)11-5(10-2)12-4(8)9/h1H,(H4,8,9,10,11,12). The van der Waals surface area contributed by atoms with E-state index in [9.17, 15) is 0 Å². The highest BCUT2D eigenvalue weighted by molar-refractivity contribution is 6.33. The third-order valence-corrected chi connectivity index (χ3v) is 1.30. The topological polar surface area (TPSA) is 87.7 Å². The van der Waals surface area contributed by atoms with Gasteiger partial charge in [0.2, 0.25) is 5.95 Å². The number of hydrogen-bond donors (Lipinski definition) is 3. The molecule has 0 saturated carbocycles. The first-order valence-electron chi connectivity index (χ1n) is 2.89. The molecule has 0 radical (unpaired) electrons. The van der Waals surface area contributed by atoms with E-state index >= 15 is 0 Å². The van der Waals surface area contributed by atoms with Crippen molar-refractivity contribution in [2.24, 2.45) is 5.73 Å². The van der Waals surface area contributed by atoms with Gasteiger partial charge in [-0.2, -0.15) is 0 Å². The third kappa shape index (κ3) is 2.52. The molecule has 0 aliphatic heterocycles. The van der Waals surface area contributed by atoms with Crippen LogP contribution in [0.25, 0.3) is 0 Å². The van der Waals surface area contributed by atoms with Crippen molar-refractivity contribution in [1.29, 1.82) is 5.41 Å². The van der Waals surface area contributed by atoms with Crippen LogP contribution in [0.4, 0.5) is 5.95 Å². The zero-order valence-corrected chi connectivity index (χ0v) is 7.32. The molecule has 0 saturated heterocycles. The van der Waals surface area contributed by atoms with Crippen LogP contribution in [0.15, 0.2) is 6.07 Å². The minimum Gasteiger partial charge on any atom is -0.370 e. The van der Waals surface area contributed by atoms with E-state index in [0.717, 1.165) is 0 Å². The molecule has 1 aromatic heterocycles. The van der Waals surface area contributed by atoms with Crippen LogP contribution in [0.3, 0.4) is 0 Å². The number of aromatic nitrogens is 2. The van der Waals surface area contributed by atoms with E-state index in [-0.39, 0.29) is 22.2 Å². The molecule has 0 unspecified atom stereocenters. The fourth-order valence-electron chi connectivity index (χ4n) is 0.567. The van der Waals surface area contributed by atoms with Crippen molar-refractivity contribution in [3.8, 4) is 0 Å². The lowest BCUT2D eigenvalue weighted by molar-refractivity contribution is 1.17. The van der Waals surface area contributed by atoms with Crippen LogP contribution in [0, 0.1) is 5.41 Å². The monoisotopic (exact) mass is 205 g/mol. The van der Waals surface area contributed by atoms with Gasteiger partial charge in [0.15, 0.2) is 5.96 Å². The van der Waals surface area contributed by atoms with Crippen molar-refractivity contribution in [3.05, 3.63) is 16.4 Å². The quantitative estimate of drug-likeness (QED) is 0.364. The summed E-state index contributed by atoms with van der Waals surface area (Å²) in [6.45, 7) is 0. The maximum Gasteiger partial charge on any atom is 0.232 e. The molecule has 0 aromatic carbocycles. The molecule has 64 valence electrons. The highest BCUT2D eigenvalue weighted by atomic mass is 35.5. The van der Waals surface area contributed by atoms with Crippen molar-refractivity contribution in [2.45, 2.75) is 0 Å². The molecule has 0 atom stereocenters. The van der Waals surface area contributed by atoms with E-state index in [2.05, 4.69) is 15.3 Å². The Morgan fingerprint density at radius 1 is 1.42 bits per heavy atom. The fraction of sp³-hybridized carbons (Fsp3) is 0. The molecule has 7 heteroatoms. The van der Waals surface area contributed by atoms with Gasteiger partial charge in [0, 0.05) is 6.07 Å². The lowest BCUT2D eigenvalue weighted by Crippen LogP contribution is -2.21. The minimum atomic E-state index is -0.270. The molecular weight excluding hydrogens is 201 g/mol. The summed E-state index contributed by atoms with van der Waals surface area (Å²) < 4.78 is 0. The molecule has 0 amide bonds. The summed E-state index contributed by atoms with van der Waals surface area (Å²) in [5, 5.41) is 9.62. The largest absolute Gasteiger partial charge is 0.370 e. The Morgan fingerprint density at radius 3 is 2.33 bits per heavy atom. The van der Waals surface area contributed by atoms with Gasteiger partial charge in [-0.3, -0.25) is 10.7 Å². The molecule has 1 aromatic rings. The first kappa shape index (κ1) is 9.02. The van der Waals surface area contributed by atoms with E-state index in [1.165, 1.54) is 6.07 Å². The van der Waals surface area contributed by atoms with E-state index in [0.29, 0.717) is 0 Å². The SMILES string of the molecule is N=C(N)Nc1nc(Cl)cc(Cl)n1. The molecule has 5 nitrogen and oxygen atoms in total. The molecule has 0 aliphatic carbocycles. The lowest BCUT2D eigenvalue weighted by Gasteiger charge is -2.01. The van der Waals surface area contributed by atoms with Gasteiger partial charge in [-0.05, 0) is 0 Å². The summed E-state index contributed by atoms with van der Waals surface area (Å²) in [4.78, 5) is 7.42. The second-order valence-electron chi connectivity index (χ2n) is 1.88. The van der Waals surface area contributed by atoms with Crippen molar-refractivity contribution < 1.29 is 0 Å². The second-order valence-corrected chi connectivity index (χ2v) is 2.65. The number of nitrogens with one attached hydrogen (secondary N) is 2. The highest BCUT2D eigenvalue weighted by Crippen LogP contribution is 2.13. The second kappa shape index (κ2) is 3.55. The Kier molecular flexibility index (Phi) is 2.67. The van der Waals surface area contributed by atoms with Gasteiger partial charge in [0.25, 0.3) is 0 Å². The minimum absolute atomic E-state index is 0.111. The van der Waals surface area contributed by atoms with Crippen molar-refractivity contribution in [3.63, 3.8) is 0 Å². The molecule has 0 bridgehead atoms. The number of guanidine groups is 1. The van der Waals surface area contributed by atoms with Crippen molar-refractivity contribution in [1.82, 2.24) is 9.97 Å². The molecule has 4 N–H and O–H groups in total. The summed E-state index contributed by atoms with van der Waals surface area (Å²) >= 11 is 11.1. The smallest absolute Gasteiger partial charge is 0.232 e. The summed E-state index contributed by atoms with van der Waals surface area (Å²) in [5.74, 6) is -0.159. The number of rotatable bonds is 1. The number of nitrogens with zero attached hydrogens (tertiary/aromatic N) is 2. The van der Waals surface area contributed by atoms with E-state index in [1.54, 1.807) is 0 Å². The van der Waals surface area contributed by atoms with Gasteiger partial charge in [0.05, 0.1) is 0 Å². The maximum absolute atomic E-state index is 6.87. The summed E-state index contributed by atoms with van der Waals surface area (Å²) in [5.41, 5.74) is 5.03. The Morgan fingerprint density at radius 2 is 1.92 bits per heavy atom. The summed E-state index contributed by atoms with van der Waals surface area (Å²) in [6.07, 6.45) is 0. The van der Waals surface area contributed by atoms with Gasteiger partial charge in [-0.1, -0.05) is 23.2 Å². The van der Waals surface area contributed by atoms with Crippen LogP contribution in [0.1, 0.15) is 0 Å². The molecule has 0 spiro atoms. The number of anilines is 1. The van der Waals surface area contributed by atoms with Gasteiger partial charge in [-0.15, -0.1) is 0 Å². The average molecular weight is 206 g/mol. The molecule has 1 rings (SSSR count). The van der Waals surface area contributed by atoms with Crippen LogP contribution in [0.2, 0.25) is 10.3 Å². The maximum atomic E-state index is 6.87. The number of hydrogen-bond acceptors (Lipinski definition) is 3. The third-order valence-electron chi connectivity index (χ3n) is 0.910. The Hall–Kier alpha value is -1.07. The predicted molar refractivity (Wildman–Crippen MR) is 47.6 cm³/mol. The molecule has 0 fully saturated rings. The number of halogens is 2. The predicted octanol–water partition coefficient (Wildman–Crippen LogP) is 1.09. The van der Waals surface area contributed by atoms with Crippen LogP contribution in [0.5, 0.6) is 0 Å². The summed E-state index contributed by atoms with van der Waals surface area (Å²) in [6, 6.07) is 1.38. The fourth-order valence-corrected chi connectivity index (χ4v) is 0.989. The Balaban J connectivity index is 2.93. The summed E-state index contributed by atoms with van der Waals surface area (Å²) in [7, 11) is 0. The normalized spacial score (nSPS) is 9.50. The highest BCUT2D eigenvalue weighted by Gasteiger charge is 2.00. The first-order valence-corrected chi connectivity index (χ1v) is 3.64. The molecule has 12 heavy (non-hydrogen) atoms. The van der Waals surface area contributed by atoms with Gasteiger partial charge in [-0.25, -0.2) is 9.97 Å². The average Bonchev–Trinajstić information content (AvgIpc) is 1.81. The molecule has 0 aliphatic rings. The van der Waals surface area contributed by atoms with Crippen molar-refractivity contribution >= 4 is 35.1 Å². The van der Waals surface area contributed by atoms with Gasteiger partial charge >= 0.3 is 0 Å². The number of nitrogens with two attached hydrogens (primary N) is 1. The molecular formula is C5H5Cl2N5. The zero-order chi connectivity index (χ0) is 9.14. The zero-order valence-electron chi connectivity index (χ0n) is 5.81. The van der Waals surface area contributed by atoms with Crippen LogP contribution in [-0.2, 0) is 0 Å². The Labute approximate surface area is 78.4 Å².